The minimum Gasteiger partial charge on any atom is -0.415 e. The van der Waals surface area contributed by atoms with Crippen LogP contribution in [0, 0.1) is 0 Å². The fourth-order valence-corrected chi connectivity index (χ4v) is 3.77. The molecule has 0 spiro atoms. The van der Waals surface area contributed by atoms with Gasteiger partial charge in [-0.25, -0.2) is 0 Å². The Balaban J connectivity index is 2.24. The summed E-state index contributed by atoms with van der Waals surface area (Å²) in [6, 6.07) is 1.26. The van der Waals surface area contributed by atoms with Crippen molar-refractivity contribution in [3.63, 3.8) is 0 Å². The van der Waals surface area contributed by atoms with Crippen molar-refractivity contribution in [3.8, 4) is 0 Å². The van der Waals surface area contributed by atoms with E-state index in [1.807, 2.05) is 0 Å². The molecule has 1 aliphatic rings. The molecule has 0 aromatic rings. The maximum atomic E-state index is 6.06. The summed E-state index contributed by atoms with van der Waals surface area (Å²) in [5.41, 5.74) is 0. The second-order valence-electron chi connectivity index (χ2n) is 2.65. The van der Waals surface area contributed by atoms with Gasteiger partial charge < -0.3 is 4.43 Å². The standard InChI is InChI=1S/C7H14ClOSi/c1-2-7(8)10-6-4-3-5-9-10/h7H,2-6H2,1H3. The van der Waals surface area contributed by atoms with Crippen LogP contribution in [-0.4, -0.2) is 20.6 Å². The minimum absolute atomic E-state index is 0.338. The van der Waals surface area contributed by atoms with Crippen LogP contribution in [0.15, 0.2) is 0 Å². The second-order valence-corrected chi connectivity index (χ2v) is 5.96. The zero-order chi connectivity index (χ0) is 7.40. The molecule has 0 N–H and O–H groups in total. The fraction of sp³-hybridized carbons (Fsp3) is 1.00. The molecule has 10 heavy (non-hydrogen) atoms. The van der Waals surface area contributed by atoms with Crippen molar-refractivity contribution < 1.29 is 4.43 Å². The van der Waals surface area contributed by atoms with Gasteiger partial charge in [-0.2, -0.15) is 0 Å². The van der Waals surface area contributed by atoms with Crippen LogP contribution in [0.4, 0.5) is 0 Å². The zero-order valence-electron chi connectivity index (χ0n) is 6.40. The van der Waals surface area contributed by atoms with E-state index < -0.39 is 9.04 Å². The molecule has 1 nitrogen and oxygen atoms in total. The molecule has 1 heterocycles. The summed E-state index contributed by atoms with van der Waals surface area (Å²) in [4.78, 5) is 0. The smallest absolute Gasteiger partial charge is 0.229 e. The van der Waals surface area contributed by atoms with Crippen LogP contribution in [0.25, 0.3) is 0 Å². The highest BCUT2D eigenvalue weighted by atomic mass is 35.5. The van der Waals surface area contributed by atoms with Crippen LogP contribution in [0.1, 0.15) is 26.2 Å². The van der Waals surface area contributed by atoms with Crippen molar-refractivity contribution in [1.29, 1.82) is 0 Å². The van der Waals surface area contributed by atoms with E-state index >= 15 is 0 Å². The summed E-state index contributed by atoms with van der Waals surface area (Å²) >= 11 is 6.06. The Bertz CT molecular complexity index is 93.6. The lowest BCUT2D eigenvalue weighted by Crippen LogP contribution is -2.32. The Kier molecular flexibility index (Phi) is 3.74. The predicted octanol–water partition coefficient (Wildman–Crippen LogP) is 2.34. The number of hydrogen-bond donors (Lipinski definition) is 0. The molecule has 1 rings (SSSR count). The summed E-state index contributed by atoms with van der Waals surface area (Å²) in [5, 5.41) is 0.338. The third-order valence-corrected chi connectivity index (χ3v) is 5.38. The van der Waals surface area contributed by atoms with Crippen LogP contribution in [0.5, 0.6) is 0 Å². The highest BCUT2D eigenvalue weighted by Crippen LogP contribution is 2.18. The first-order valence-corrected chi connectivity index (χ1v) is 6.10. The number of alkyl halides is 1. The molecule has 0 bridgehead atoms. The summed E-state index contributed by atoms with van der Waals surface area (Å²) in [7, 11) is -0.611. The zero-order valence-corrected chi connectivity index (χ0v) is 8.16. The van der Waals surface area contributed by atoms with Gasteiger partial charge in [-0.3, -0.25) is 0 Å². The Morgan fingerprint density at radius 2 is 2.40 bits per heavy atom. The van der Waals surface area contributed by atoms with E-state index in [9.17, 15) is 0 Å². The van der Waals surface area contributed by atoms with Gasteiger partial charge in [-0.15, -0.1) is 11.6 Å². The van der Waals surface area contributed by atoms with Gasteiger partial charge in [0.15, 0.2) is 0 Å². The van der Waals surface area contributed by atoms with Crippen molar-refractivity contribution in [1.82, 2.24) is 0 Å². The maximum Gasteiger partial charge on any atom is 0.229 e. The van der Waals surface area contributed by atoms with Crippen molar-refractivity contribution in [2.75, 3.05) is 6.61 Å². The van der Waals surface area contributed by atoms with E-state index in [4.69, 9.17) is 16.0 Å². The van der Waals surface area contributed by atoms with Crippen molar-refractivity contribution >= 4 is 20.6 Å². The Morgan fingerprint density at radius 1 is 1.60 bits per heavy atom. The molecule has 0 saturated carbocycles. The average molecular weight is 178 g/mol. The molecule has 0 aliphatic carbocycles. The normalized spacial score (nSPS) is 24.6. The van der Waals surface area contributed by atoms with Crippen molar-refractivity contribution in [3.05, 3.63) is 0 Å². The molecule has 1 unspecified atom stereocenters. The van der Waals surface area contributed by atoms with E-state index in [1.54, 1.807) is 0 Å². The Hall–Kier alpha value is 0.467. The van der Waals surface area contributed by atoms with Crippen LogP contribution < -0.4 is 0 Å². The first-order valence-electron chi connectivity index (χ1n) is 3.97. The minimum atomic E-state index is -0.611. The molecule has 0 amide bonds. The highest BCUT2D eigenvalue weighted by molar-refractivity contribution is 6.64. The third-order valence-electron chi connectivity index (χ3n) is 1.81. The van der Waals surface area contributed by atoms with Crippen LogP contribution in [-0.2, 0) is 4.43 Å². The number of hydrogen-bond acceptors (Lipinski definition) is 1. The first-order chi connectivity index (χ1) is 4.84. The van der Waals surface area contributed by atoms with Crippen molar-refractivity contribution in [2.45, 2.75) is 37.2 Å². The lowest BCUT2D eigenvalue weighted by Gasteiger charge is -2.23. The van der Waals surface area contributed by atoms with Gasteiger partial charge in [-0.1, -0.05) is 13.3 Å². The second kappa shape index (κ2) is 4.37. The number of halogens is 1. The highest BCUT2D eigenvalue weighted by Gasteiger charge is 2.24. The van der Waals surface area contributed by atoms with E-state index in [0.29, 0.717) is 5.00 Å². The van der Waals surface area contributed by atoms with Gasteiger partial charge in [0, 0.05) is 6.61 Å². The molecule has 59 valence electrons. The predicted molar refractivity (Wildman–Crippen MR) is 45.7 cm³/mol. The van der Waals surface area contributed by atoms with Gasteiger partial charge in [-0.05, 0) is 18.9 Å². The molecule has 1 atom stereocenters. The summed E-state index contributed by atoms with van der Waals surface area (Å²) in [5.74, 6) is 0. The molecule has 0 aromatic carbocycles. The Morgan fingerprint density at radius 3 is 2.90 bits per heavy atom. The molecule has 1 fully saturated rings. The van der Waals surface area contributed by atoms with E-state index in [1.165, 1.54) is 18.9 Å². The average Bonchev–Trinajstić information content (AvgIpc) is 2.05. The van der Waals surface area contributed by atoms with E-state index in [-0.39, 0.29) is 0 Å². The molecule has 1 aliphatic heterocycles. The van der Waals surface area contributed by atoms with Crippen LogP contribution in [0.2, 0.25) is 6.04 Å². The molecule has 3 heteroatoms. The summed E-state index contributed by atoms with van der Waals surface area (Å²) in [6.07, 6.45) is 3.63. The maximum absolute atomic E-state index is 6.06. The molecule has 0 aromatic heterocycles. The molecular formula is C7H14ClOSi. The van der Waals surface area contributed by atoms with Gasteiger partial charge in [0.25, 0.3) is 0 Å². The van der Waals surface area contributed by atoms with Crippen LogP contribution >= 0.6 is 11.6 Å². The molecular weight excluding hydrogens is 164 g/mol. The van der Waals surface area contributed by atoms with Crippen LogP contribution in [0.3, 0.4) is 0 Å². The number of rotatable bonds is 2. The SMILES string of the molecule is CCC(Cl)[Si]1CCCCO1. The topological polar surface area (TPSA) is 9.23 Å². The largest absolute Gasteiger partial charge is 0.415 e. The van der Waals surface area contributed by atoms with Crippen molar-refractivity contribution in [2.24, 2.45) is 0 Å². The summed E-state index contributed by atoms with van der Waals surface area (Å²) in [6.45, 7) is 3.09. The van der Waals surface area contributed by atoms with Gasteiger partial charge in [0.2, 0.25) is 9.04 Å². The lowest BCUT2D eigenvalue weighted by atomic mass is 10.4. The first kappa shape index (κ1) is 8.56. The summed E-state index contributed by atoms with van der Waals surface area (Å²) < 4.78 is 5.60. The third kappa shape index (κ3) is 2.26. The lowest BCUT2D eigenvalue weighted by molar-refractivity contribution is 0.284. The van der Waals surface area contributed by atoms with E-state index in [0.717, 1.165) is 13.0 Å². The Labute approximate surface area is 69.4 Å². The quantitative estimate of drug-likeness (QED) is 0.465. The van der Waals surface area contributed by atoms with Gasteiger partial charge >= 0.3 is 0 Å². The molecule has 1 radical (unpaired) electrons. The van der Waals surface area contributed by atoms with Gasteiger partial charge in [0.05, 0.1) is 5.00 Å². The fourth-order valence-electron chi connectivity index (χ4n) is 1.15. The van der Waals surface area contributed by atoms with Gasteiger partial charge in [0.1, 0.15) is 0 Å². The molecule has 1 saturated heterocycles. The monoisotopic (exact) mass is 177 g/mol. The van der Waals surface area contributed by atoms with E-state index in [2.05, 4.69) is 6.92 Å².